The molecule has 1 aromatic carbocycles. The zero-order valence-corrected chi connectivity index (χ0v) is 14.2. The van der Waals surface area contributed by atoms with E-state index in [1.54, 1.807) is 7.05 Å². The molecule has 2 rings (SSSR count). The van der Waals surface area contributed by atoms with E-state index in [9.17, 15) is 8.78 Å². The first kappa shape index (κ1) is 17.9. The van der Waals surface area contributed by atoms with Gasteiger partial charge < -0.3 is 20.4 Å². The highest BCUT2D eigenvalue weighted by atomic mass is 19.1. The predicted octanol–water partition coefficient (Wildman–Crippen LogP) is 2.78. The first-order valence-corrected chi connectivity index (χ1v) is 7.52. The molecule has 1 aliphatic heterocycles. The van der Waals surface area contributed by atoms with Gasteiger partial charge in [-0.3, -0.25) is 0 Å². The quantitative estimate of drug-likeness (QED) is 0.660. The molecule has 0 radical (unpaired) electrons. The maximum Gasteiger partial charge on any atom is 0.491 e. The smallest absolute Gasteiger partial charge is 0.400 e. The Morgan fingerprint density at radius 3 is 2.09 bits per heavy atom. The van der Waals surface area contributed by atoms with Crippen LogP contribution in [0.2, 0.25) is 0 Å². The monoisotopic (exact) mass is 324 g/mol. The van der Waals surface area contributed by atoms with Gasteiger partial charge in [-0.25, -0.2) is 8.78 Å². The number of nitrogens with one attached hydrogen (secondary N) is 1. The van der Waals surface area contributed by atoms with Crippen LogP contribution in [0.25, 0.3) is 6.08 Å². The van der Waals surface area contributed by atoms with E-state index in [0.717, 1.165) is 12.1 Å². The van der Waals surface area contributed by atoms with Gasteiger partial charge in [0.25, 0.3) is 0 Å². The molecule has 1 heterocycles. The van der Waals surface area contributed by atoms with Crippen molar-refractivity contribution in [3.8, 4) is 0 Å². The molecule has 0 atom stereocenters. The average Bonchev–Trinajstić information content (AvgIpc) is 2.61. The lowest BCUT2D eigenvalue weighted by molar-refractivity contribution is 0.00578. The standard InChI is InChI=1S/C16H23BF2N2O2/c1-15(2)16(3,4)23-17(22-15)10(9-21-5)6-12-13(18)7-11(20)8-14(12)19/h6-8,21H,9,20H2,1-5H3. The Morgan fingerprint density at radius 1 is 1.17 bits per heavy atom. The molecule has 4 nitrogen and oxygen atoms in total. The SMILES string of the molecule is CNCC(=Cc1c(F)cc(N)cc1F)B1OC(C)(C)C(C)(C)O1. The Hall–Kier alpha value is -1.44. The van der Waals surface area contributed by atoms with Crippen molar-refractivity contribution in [1.82, 2.24) is 5.32 Å². The molecule has 1 aliphatic rings. The summed E-state index contributed by atoms with van der Waals surface area (Å²) >= 11 is 0. The number of rotatable bonds is 4. The number of benzene rings is 1. The van der Waals surface area contributed by atoms with Gasteiger partial charge in [0.15, 0.2) is 0 Å². The van der Waals surface area contributed by atoms with Crippen LogP contribution >= 0.6 is 0 Å². The van der Waals surface area contributed by atoms with Gasteiger partial charge in [-0.15, -0.1) is 0 Å². The fraction of sp³-hybridized carbons (Fsp3) is 0.500. The first-order valence-electron chi connectivity index (χ1n) is 7.52. The third-order valence-corrected chi connectivity index (χ3v) is 4.37. The molecule has 3 N–H and O–H groups in total. The third-order valence-electron chi connectivity index (χ3n) is 4.37. The van der Waals surface area contributed by atoms with Gasteiger partial charge in [0.2, 0.25) is 0 Å². The summed E-state index contributed by atoms with van der Waals surface area (Å²) in [7, 11) is 1.07. The summed E-state index contributed by atoms with van der Waals surface area (Å²) in [5, 5.41) is 2.97. The molecular weight excluding hydrogens is 301 g/mol. The second kappa shape index (κ2) is 6.22. The second-order valence-electron chi connectivity index (χ2n) is 6.74. The van der Waals surface area contributed by atoms with Crippen molar-refractivity contribution in [2.24, 2.45) is 0 Å². The summed E-state index contributed by atoms with van der Waals surface area (Å²) < 4.78 is 40.0. The third kappa shape index (κ3) is 3.57. The van der Waals surface area contributed by atoms with Crippen molar-refractivity contribution in [2.75, 3.05) is 19.3 Å². The maximum absolute atomic E-state index is 14.0. The minimum absolute atomic E-state index is 0.0444. The minimum Gasteiger partial charge on any atom is -0.400 e. The van der Waals surface area contributed by atoms with E-state index in [4.69, 9.17) is 15.0 Å². The summed E-state index contributed by atoms with van der Waals surface area (Å²) in [6.07, 6.45) is 1.42. The Kier molecular flexibility index (Phi) is 4.85. The number of nitrogen functional groups attached to an aromatic ring is 1. The Bertz CT molecular complexity index is 594. The normalized spacial score (nSPS) is 20.1. The van der Waals surface area contributed by atoms with E-state index in [2.05, 4.69) is 5.32 Å². The lowest BCUT2D eigenvalue weighted by Crippen LogP contribution is -2.41. The molecule has 1 aromatic rings. The van der Waals surface area contributed by atoms with Crippen LogP contribution in [0.5, 0.6) is 0 Å². The largest absolute Gasteiger partial charge is 0.491 e. The molecule has 0 unspecified atom stereocenters. The molecule has 7 heteroatoms. The van der Waals surface area contributed by atoms with Crippen LogP contribution < -0.4 is 11.1 Å². The fourth-order valence-corrected chi connectivity index (χ4v) is 2.33. The Morgan fingerprint density at radius 2 is 1.65 bits per heavy atom. The van der Waals surface area contributed by atoms with E-state index in [-0.39, 0.29) is 11.3 Å². The van der Waals surface area contributed by atoms with Crippen molar-refractivity contribution < 1.29 is 18.1 Å². The molecule has 126 valence electrons. The molecule has 0 aliphatic carbocycles. The lowest BCUT2D eigenvalue weighted by atomic mass is 9.77. The number of hydrogen-bond acceptors (Lipinski definition) is 4. The molecule has 1 fully saturated rings. The number of likely N-dealkylation sites (N-methyl/N-ethyl adjacent to an activating group) is 1. The van der Waals surface area contributed by atoms with Gasteiger partial charge in [0, 0.05) is 17.8 Å². The van der Waals surface area contributed by atoms with Crippen LogP contribution in [-0.2, 0) is 9.31 Å². The van der Waals surface area contributed by atoms with Crippen LogP contribution in [0, 0.1) is 11.6 Å². The molecule has 23 heavy (non-hydrogen) atoms. The Labute approximate surface area is 136 Å². The zero-order chi connectivity index (χ0) is 17.4. The van der Waals surface area contributed by atoms with Crippen molar-refractivity contribution in [3.05, 3.63) is 34.8 Å². The summed E-state index contributed by atoms with van der Waals surface area (Å²) in [6, 6.07) is 2.19. The van der Waals surface area contributed by atoms with E-state index in [1.807, 2.05) is 27.7 Å². The lowest BCUT2D eigenvalue weighted by Gasteiger charge is -2.32. The van der Waals surface area contributed by atoms with Gasteiger partial charge in [-0.2, -0.15) is 0 Å². The number of nitrogens with two attached hydrogens (primary N) is 1. The topological polar surface area (TPSA) is 56.5 Å². The Balaban J connectivity index is 2.41. The van der Waals surface area contributed by atoms with Gasteiger partial charge in [0.1, 0.15) is 11.6 Å². The van der Waals surface area contributed by atoms with E-state index in [0.29, 0.717) is 12.0 Å². The second-order valence-corrected chi connectivity index (χ2v) is 6.74. The summed E-state index contributed by atoms with van der Waals surface area (Å²) in [5.41, 5.74) is 4.89. The highest BCUT2D eigenvalue weighted by molar-refractivity contribution is 6.55. The van der Waals surface area contributed by atoms with Crippen molar-refractivity contribution in [1.29, 1.82) is 0 Å². The van der Waals surface area contributed by atoms with Gasteiger partial charge >= 0.3 is 7.12 Å². The van der Waals surface area contributed by atoms with Crippen molar-refractivity contribution >= 4 is 18.9 Å². The molecule has 0 amide bonds. The first-order chi connectivity index (χ1) is 10.6. The molecule has 0 aromatic heterocycles. The molecule has 0 saturated carbocycles. The fourth-order valence-electron chi connectivity index (χ4n) is 2.33. The maximum atomic E-state index is 14.0. The molecule has 1 saturated heterocycles. The summed E-state index contributed by atoms with van der Waals surface area (Å²) in [6.45, 7) is 8.07. The molecule has 0 spiro atoms. The van der Waals surface area contributed by atoms with E-state index >= 15 is 0 Å². The van der Waals surface area contributed by atoms with Gasteiger partial charge in [-0.05, 0) is 52.3 Å². The number of halogens is 2. The number of anilines is 1. The van der Waals surface area contributed by atoms with E-state index in [1.165, 1.54) is 6.08 Å². The van der Waals surface area contributed by atoms with E-state index < -0.39 is 30.0 Å². The molecular formula is C16H23BF2N2O2. The van der Waals surface area contributed by atoms with Gasteiger partial charge in [0.05, 0.1) is 11.2 Å². The van der Waals surface area contributed by atoms with Crippen molar-refractivity contribution in [2.45, 2.75) is 38.9 Å². The highest BCUT2D eigenvalue weighted by Crippen LogP contribution is 2.38. The predicted molar refractivity (Wildman–Crippen MR) is 88.8 cm³/mol. The van der Waals surface area contributed by atoms with Crippen LogP contribution in [0.4, 0.5) is 14.5 Å². The van der Waals surface area contributed by atoms with Gasteiger partial charge in [-0.1, -0.05) is 6.08 Å². The zero-order valence-electron chi connectivity index (χ0n) is 14.2. The average molecular weight is 324 g/mol. The van der Waals surface area contributed by atoms with Crippen LogP contribution in [0.3, 0.4) is 0 Å². The molecule has 0 bridgehead atoms. The van der Waals surface area contributed by atoms with Crippen LogP contribution in [0.1, 0.15) is 33.3 Å². The van der Waals surface area contributed by atoms with Crippen molar-refractivity contribution in [3.63, 3.8) is 0 Å². The highest BCUT2D eigenvalue weighted by Gasteiger charge is 2.52. The minimum atomic E-state index is -0.715. The van der Waals surface area contributed by atoms with Crippen LogP contribution in [-0.4, -0.2) is 31.9 Å². The summed E-state index contributed by atoms with van der Waals surface area (Å²) in [4.78, 5) is 0. The van der Waals surface area contributed by atoms with Crippen LogP contribution in [0.15, 0.2) is 17.6 Å². The summed E-state index contributed by atoms with van der Waals surface area (Å²) in [5.74, 6) is -1.43. The number of hydrogen-bond donors (Lipinski definition) is 2.